The lowest BCUT2D eigenvalue weighted by atomic mass is 10.1. The van der Waals surface area contributed by atoms with Crippen LogP contribution in [0.5, 0.6) is 0 Å². The Labute approximate surface area is 81.4 Å². The molecule has 0 heterocycles. The van der Waals surface area contributed by atoms with Gasteiger partial charge >= 0.3 is 0 Å². The van der Waals surface area contributed by atoms with E-state index in [0.717, 1.165) is 4.86 Å². The standard InChI is InChI=1S/C9H8ClFS/c1-6(12)4-7-2-3-8(10)5-9(7)11/h2-3,5H,4H2,1H3. The summed E-state index contributed by atoms with van der Waals surface area (Å²) in [6.45, 7) is 1.80. The van der Waals surface area contributed by atoms with Crippen molar-refractivity contribution in [2.75, 3.05) is 0 Å². The van der Waals surface area contributed by atoms with Gasteiger partial charge in [0.05, 0.1) is 0 Å². The summed E-state index contributed by atoms with van der Waals surface area (Å²) in [6, 6.07) is 4.63. The second-order valence-electron chi connectivity index (χ2n) is 2.61. The summed E-state index contributed by atoms with van der Waals surface area (Å²) in [5.41, 5.74) is 0.604. The second kappa shape index (κ2) is 3.97. The zero-order valence-corrected chi connectivity index (χ0v) is 8.18. The smallest absolute Gasteiger partial charge is 0.128 e. The molecule has 12 heavy (non-hydrogen) atoms. The van der Waals surface area contributed by atoms with E-state index in [0.29, 0.717) is 17.0 Å². The number of benzene rings is 1. The Morgan fingerprint density at radius 1 is 1.58 bits per heavy atom. The van der Waals surface area contributed by atoms with E-state index >= 15 is 0 Å². The Morgan fingerprint density at radius 2 is 2.25 bits per heavy atom. The van der Waals surface area contributed by atoms with Crippen LogP contribution in [0.15, 0.2) is 18.2 Å². The fraction of sp³-hybridized carbons (Fsp3) is 0.222. The molecule has 0 atom stereocenters. The van der Waals surface area contributed by atoms with E-state index in [1.54, 1.807) is 19.1 Å². The first kappa shape index (κ1) is 9.62. The van der Waals surface area contributed by atoms with Crippen molar-refractivity contribution in [3.05, 3.63) is 34.6 Å². The lowest BCUT2D eigenvalue weighted by Gasteiger charge is -2.01. The van der Waals surface area contributed by atoms with Crippen molar-refractivity contribution in [1.29, 1.82) is 0 Å². The zero-order valence-electron chi connectivity index (χ0n) is 6.60. The first-order valence-electron chi connectivity index (χ1n) is 3.53. The zero-order chi connectivity index (χ0) is 9.14. The van der Waals surface area contributed by atoms with Crippen LogP contribution in [0.1, 0.15) is 12.5 Å². The van der Waals surface area contributed by atoms with Crippen molar-refractivity contribution in [2.24, 2.45) is 0 Å². The maximum atomic E-state index is 13.1. The van der Waals surface area contributed by atoms with Gasteiger partial charge < -0.3 is 0 Å². The number of hydrogen-bond acceptors (Lipinski definition) is 1. The topological polar surface area (TPSA) is 0 Å². The molecule has 0 saturated carbocycles. The summed E-state index contributed by atoms with van der Waals surface area (Å²) < 4.78 is 13.1. The molecular formula is C9H8ClFS. The van der Waals surface area contributed by atoms with Crippen molar-refractivity contribution < 1.29 is 4.39 Å². The molecular weight excluding hydrogens is 195 g/mol. The molecule has 0 nitrogen and oxygen atoms in total. The molecule has 0 fully saturated rings. The van der Waals surface area contributed by atoms with Crippen molar-refractivity contribution in [1.82, 2.24) is 0 Å². The number of rotatable bonds is 2. The Morgan fingerprint density at radius 3 is 2.75 bits per heavy atom. The van der Waals surface area contributed by atoms with E-state index in [-0.39, 0.29) is 5.82 Å². The van der Waals surface area contributed by atoms with Crippen molar-refractivity contribution in [3.8, 4) is 0 Å². The average Bonchev–Trinajstić information content (AvgIpc) is 1.94. The van der Waals surface area contributed by atoms with Crippen LogP contribution in [0, 0.1) is 5.82 Å². The van der Waals surface area contributed by atoms with E-state index in [2.05, 4.69) is 0 Å². The van der Waals surface area contributed by atoms with Crippen LogP contribution in [-0.4, -0.2) is 4.86 Å². The molecule has 1 aromatic rings. The van der Waals surface area contributed by atoms with Crippen LogP contribution in [-0.2, 0) is 6.42 Å². The highest BCUT2D eigenvalue weighted by Crippen LogP contribution is 2.15. The fourth-order valence-corrected chi connectivity index (χ4v) is 1.25. The summed E-state index contributed by atoms with van der Waals surface area (Å²) in [5.74, 6) is -0.285. The molecule has 1 rings (SSSR count). The van der Waals surface area contributed by atoms with Crippen molar-refractivity contribution >= 4 is 28.7 Å². The quantitative estimate of drug-likeness (QED) is 0.663. The SMILES string of the molecule is CC(=S)Cc1ccc(Cl)cc1F. The molecule has 0 saturated heterocycles. The van der Waals surface area contributed by atoms with Gasteiger partial charge in [-0.05, 0) is 29.5 Å². The molecule has 0 aliphatic carbocycles. The van der Waals surface area contributed by atoms with Gasteiger partial charge in [0.15, 0.2) is 0 Å². The first-order valence-corrected chi connectivity index (χ1v) is 4.31. The van der Waals surface area contributed by atoms with Gasteiger partial charge in [-0.15, -0.1) is 0 Å². The molecule has 3 heteroatoms. The predicted octanol–water partition coefficient (Wildman–Crippen LogP) is 3.41. The van der Waals surface area contributed by atoms with Gasteiger partial charge in [-0.3, -0.25) is 0 Å². The maximum Gasteiger partial charge on any atom is 0.128 e. The lowest BCUT2D eigenvalue weighted by molar-refractivity contribution is 0.616. The Bertz CT molecular complexity index is 309. The Balaban J connectivity index is 2.93. The lowest BCUT2D eigenvalue weighted by Crippen LogP contribution is -1.96. The second-order valence-corrected chi connectivity index (χ2v) is 3.75. The van der Waals surface area contributed by atoms with E-state index in [1.165, 1.54) is 6.07 Å². The number of halogens is 2. The summed E-state index contributed by atoms with van der Waals surface area (Å²) in [6.07, 6.45) is 0.498. The summed E-state index contributed by atoms with van der Waals surface area (Å²) >= 11 is 10.5. The van der Waals surface area contributed by atoms with Gasteiger partial charge in [0, 0.05) is 11.4 Å². The van der Waals surface area contributed by atoms with Crippen LogP contribution in [0.2, 0.25) is 5.02 Å². The molecule has 64 valence electrons. The fourth-order valence-electron chi connectivity index (χ4n) is 0.933. The summed E-state index contributed by atoms with van der Waals surface area (Å²) in [7, 11) is 0. The van der Waals surface area contributed by atoms with E-state index in [1.807, 2.05) is 0 Å². The van der Waals surface area contributed by atoms with Crippen LogP contribution < -0.4 is 0 Å². The maximum absolute atomic E-state index is 13.1. The molecule has 0 aliphatic heterocycles. The summed E-state index contributed by atoms with van der Waals surface area (Å²) in [5, 5.41) is 0.415. The van der Waals surface area contributed by atoms with Crippen LogP contribution in [0.25, 0.3) is 0 Å². The van der Waals surface area contributed by atoms with Gasteiger partial charge in [0.2, 0.25) is 0 Å². The Hall–Kier alpha value is -0.470. The van der Waals surface area contributed by atoms with E-state index in [9.17, 15) is 4.39 Å². The van der Waals surface area contributed by atoms with Gasteiger partial charge in [0.25, 0.3) is 0 Å². The molecule has 0 spiro atoms. The molecule has 0 amide bonds. The van der Waals surface area contributed by atoms with Gasteiger partial charge in [-0.2, -0.15) is 0 Å². The van der Waals surface area contributed by atoms with Gasteiger partial charge in [-0.25, -0.2) is 4.39 Å². The average molecular weight is 203 g/mol. The van der Waals surface area contributed by atoms with E-state index in [4.69, 9.17) is 23.8 Å². The van der Waals surface area contributed by atoms with Gasteiger partial charge in [-0.1, -0.05) is 29.9 Å². The highest BCUT2D eigenvalue weighted by molar-refractivity contribution is 7.80. The minimum Gasteiger partial charge on any atom is -0.207 e. The molecule has 0 aliphatic rings. The normalized spacial score (nSPS) is 9.92. The summed E-state index contributed by atoms with van der Waals surface area (Å²) in [4.78, 5) is 0.774. The molecule has 0 unspecified atom stereocenters. The minimum atomic E-state index is -0.285. The van der Waals surface area contributed by atoms with Crippen LogP contribution in [0.4, 0.5) is 4.39 Å². The van der Waals surface area contributed by atoms with Crippen molar-refractivity contribution in [2.45, 2.75) is 13.3 Å². The Kier molecular flexibility index (Phi) is 3.18. The molecule has 0 radical (unpaired) electrons. The van der Waals surface area contributed by atoms with Crippen molar-refractivity contribution in [3.63, 3.8) is 0 Å². The van der Waals surface area contributed by atoms with Crippen LogP contribution in [0.3, 0.4) is 0 Å². The first-order chi connectivity index (χ1) is 5.59. The molecule has 0 N–H and O–H groups in total. The molecule has 0 bridgehead atoms. The number of hydrogen-bond donors (Lipinski definition) is 0. The third-order valence-electron chi connectivity index (χ3n) is 1.45. The highest BCUT2D eigenvalue weighted by atomic mass is 35.5. The minimum absolute atomic E-state index is 0.285. The third-order valence-corrected chi connectivity index (χ3v) is 1.83. The predicted molar refractivity (Wildman–Crippen MR) is 53.4 cm³/mol. The van der Waals surface area contributed by atoms with Crippen LogP contribution >= 0.6 is 23.8 Å². The van der Waals surface area contributed by atoms with E-state index < -0.39 is 0 Å². The number of thiocarbonyl (C=S) groups is 1. The largest absolute Gasteiger partial charge is 0.207 e. The van der Waals surface area contributed by atoms with Gasteiger partial charge in [0.1, 0.15) is 5.82 Å². The third kappa shape index (κ3) is 2.54. The monoisotopic (exact) mass is 202 g/mol. The molecule has 1 aromatic carbocycles. The molecule has 0 aromatic heterocycles. The highest BCUT2D eigenvalue weighted by Gasteiger charge is 2.02.